The van der Waals surface area contributed by atoms with Crippen molar-refractivity contribution >= 4 is 5.91 Å². The summed E-state index contributed by atoms with van der Waals surface area (Å²) in [7, 11) is 0. The summed E-state index contributed by atoms with van der Waals surface area (Å²) in [6.45, 7) is 2.47. The van der Waals surface area contributed by atoms with Gasteiger partial charge in [-0.2, -0.15) is 0 Å². The van der Waals surface area contributed by atoms with Gasteiger partial charge in [-0.1, -0.05) is 0 Å². The third-order valence-corrected chi connectivity index (χ3v) is 3.21. The molecule has 0 saturated carbocycles. The number of carbonyl (C=O) groups is 1. The lowest BCUT2D eigenvalue weighted by Crippen LogP contribution is -2.41. The molecule has 2 rings (SSSR count). The molecule has 3 heteroatoms. The number of nitrogens with one attached hydrogen (secondary N) is 2. The van der Waals surface area contributed by atoms with E-state index in [9.17, 15) is 4.79 Å². The Labute approximate surface area is 79.3 Å². The normalized spacial score (nSPS) is 37.5. The van der Waals surface area contributed by atoms with E-state index >= 15 is 0 Å². The monoisotopic (exact) mass is 182 g/mol. The highest BCUT2D eigenvalue weighted by Crippen LogP contribution is 2.30. The van der Waals surface area contributed by atoms with Crippen LogP contribution in [0.5, 0.6) is 0 Å². The zero-order chi connectivity index (χ0) is 9.26. The molecule has 3 atom stereocenters. The lowest BCUT2D eigenvalue weighted by molar-refractivity contribution is -0.119. The highest BCUT2D eigenvalue weighted by molar-refractivity contribution is 5.72. The van der Waals surface area contributed by atoms with Crippen LogP contribution in [-0.4, -0.2) is 24.5 Å². The van der Waals surface area contributed by atoms with Gasteiger partial charge in [0.1, 0.15) is 0 Å². The van der Waals surface area contributed by atoms with Gasteiger partial charge in [-0.3, -0.25) is 4.79 Å². The molecule has 2 fully saturated rings. The second-order valence-corrected chi connectivity index (χ2v) is 4.41. The topological polar surface area (TPSA) is 41.1 Å². The van der Waals surface area contributed by atoms with Gasteiger partial charge in [0.05, 0.1) is 0 Å². The fraction of sp³-hybridized carbons (Fsp3) is 0.900. The predicted molar refractivity (Wildman–Crippen MR) is 51.4 cm³/mol. The predicted octanol–water partition coefficient (Wildman–Crippen LogP) is 0.653. The Morgan fingerprint density at radius 2 is 2.00 bits per heavy atom. The summed E-state index contributed by atoms with van der Waals surface area (Å²) < 4.78 is 0. The molecule has 13 heavy (non-hydrogen) atoms. The maximum absolute atomic E-state index is 10.7. The molecule has 1 amide bonds. The summed E-state index contributed by atoms with van der Waals surface area (Å²) in [6.07, 6.45) is 5.16. The van der Waals surface area contributed by atoms with Crippen molar-refractivity contribution in [3.8, 4) is 0 Å². The van der Waals surface area contributed by atoms with Crippen LogP contribution in [0, 0.1) is 5.92 Å². The molecule has 0 unspecified atom stereocenters. The van der Waals surface area contributed by atoms with E-state index in [0.29, 0.717) is 5.92 Å². The van der Waals surface area contributed by atoms with Crippen molar-refractivity contribution in [1.82, 2.24) is 10.6 Å². The number of piperidine rings is 1. The minimum Gasteiger partial charge on any atom is -0.356 e. The van der Waals surface area contributed by atoms with Crippen molar-refractivity contribution in [3.63, 3.8) is 0 Å². The Hall–Kier alpha value is -0.570. The van der Waals surface area contributed by atoms with Crippen molar-refractivity contribution in [2.24, 2.45) is 5.92 Å². The van der Waals surface area contributed by atoms with Gasteiger partial charge in [0.15, 0.2) is 0 Å². The average molecular weight is 182 g/mol. The highest BCUT2D eigenvalue weighted by Gasteiger charge is 2.33. The van der Waals surface area contributed by atoms with Crippen molar-refractivity contribution < 1.29 is 4.79 Å². The minimum absolute atomic E-state index is 0.103. The van der Waals surface area contributed by atoms with Crippen molar-refractivity contribution in [3.05, 3.63) is 0 Å². The molecule has 2 N–H and O–H groups in total. The van der Waals surface area contributed by atoms with E-state index in [0.717, 1.165) is 18.6 Å². The van der Waals surface area contributed by atoms with Crippen LogP contribution < -0.4 is 10.6 Å². The first-order valence-corrected chi connectivity index (χ1v) is 5.24. The molecule has 2 aliphatic heterocycles. The molecular weight excluding hydrogens is 164 g/mol. The van der Waals surface area contributed by atoms with Crippen LogP contribution in [0.4, 0.5) is 0 Å². The Morgan fingerprint density at radius 1 is 1.38 bits per heavy atom. The summed E-state index contributed by atoms with van der Waals surface area (Å²) >= 11 is 0. The van der Waals surface area contributed by atoms with E-state index in [1.807, 2.05) is 0 Å². The molecule has 0 spiro atoms. The average Bonchev–Trinajstić information content (AvgIpc) is 2.42. The minimum atomic E-state index is 0.103. The Kier molecular flexibility index (Phi) is 2.54. The molecule has 2 bridgehead atoms. The quantitative estimate of drug-likeness (QED) is 0.658. The van der Waals surface area contributed by atoms with E-state index in [4.69, 9.17) is 0 Å². The molecule has 2 heterocycles. The van der Waals surface area contributed by atoms with Crippen LogP contribution in [0.15, 0.2) is 0 Å². The van der Waals surface area contributed by atoms with Crippen LogP contribution in [0.1, 0.15) is 32.6 Å². The molecule has 0 aliphatic carbocycles. The van der Waals surface area contributed by atoms with Gasteiger partial charge in [-0.05, 0) is 31.6 Å². The van der Waals surface area contributed by atoms with Crippen molar-refractivity contribution in [2.45, 2.75) is 44.7 Å². The van der Waals surface area contributed by atoms with Crippen LogP contribution >= 0.6 is 0 Å². The Morgan fingerprint density at radius 3 is 2.54 bits per heavy atom. The van der Waals surface area contributed by atoms with Crippen molar-refractivity contribution in [2.75, 3.05) is 6.54 Å². The maximum atomic E-state index is 10.7. The zero-order valence-electron chi connectivity index (χ0n) is 8.18. The Bertz CT molecular complexity index is 193. The summed E-state index contributed by atoms with van der Waals surface area (Å²) in [5.41, 5.74) is 0. The van der Waals surface area contributed by atoms with Crippen molar-refractivity contribution in [1.29, 1.82) is 0 Å². The van der Waals surface area contributed by atoms with Gasteiger partial charge < -0.3 is 10.6 Å². The van der Waals surface area contributed by atoms with E-state index in [2.05, 4.69) is 10.6 Å². The molecule has 0 aromatic carbocycles. The summed E-state index contributed by atoms with van der Waals surface area (Å²) in [6, 6.07) is 1.47. The van der Waals surface area contributed by atoms with Gasteiger partial charge in [0, 0.05) is 25.6 Å². The molecular formula is C10H18N2O. The standard InChI is InChI=1S/C10H18N2O/c1-7(13)11-6-8-4-9-2-3-10(5-8)12-9/h8-10,12H,2-6H2,1H3,(H,11,13)/t8-,9-,10+. The number of carbonyl (C=O) groups excluding carboxylic acids is 1. The third kappa shape index (κ3) is 2.21. The van der Waals surface area contributed by atoms with Crippen LogP contribution in [0.2, 0.25) is 0 Å². The smallest absolute Gasteiger partial charge is 0.216 e. The third-order valence-electron chi connectivity index (χ3n) is 3.21. The SMILES string of the molecule is CC(=O)NC[C@@H]1C[C@H]2CC[C@@H](C1)N2. The zero-order valence-corrected chi connectivity index (χ0v) is 8.18. The molecule has 0 radical (unpaired) electrons. The first kappa shape index (κ1) is 9.00. The molecule has 74 valence electrons. The second-order valence-electron chi connectivity index (χ2n) is 4.41. The molecule has 0 aromatic rings. The second kappa shape index (κ2) is 3.66. The fourth-order valence-electron chi connectivity index (χ4n) is 2.63. The summed E-state index contributed by atoms with van der Waals surface area (Å²) in [5.74, 6) is 0.813. The van der Waals surface area contributed by atoms with Gasteiger partial charge in [0.2, 0.25) is 5.91 Å². The summed E-state index contributed by atoms with van der Waals surface area (Å²) in [4.78, 5) is 10.7. The van der Waals surface area contributed by atoms with E-state index in [1.165, 1.54) is 25.7 Å². The molecule has 2 aliphatic rings. The number of hydrogen-bond donors (Lipinski definition) is 2. The lowest BCUT2D eigenvalue weighted by Gasteiger charge is -2.28. The first-order valence-electron chi connectivity index (χ1n) is 5.24. The fourth-order valence-corrected chi connectivity index (χ4v) is 2.63. The van der Waals surface area contributed by atoms with E-state index < -0.39 is 0 Å². The van der Waals surface area contributed by atoms with E-state index in [-0.39, 0.29) is 5.91 Å². The van der Waals surface area contributed by atoms with E-state index in [1.54, 1.807) is 6.92 Å². The number of amides is 1. The van der Waals surface area contributed by atoms with Gasteiger partial charge in [0.25, 0.3) is 0 Å². The van der Waals surface area contributed by atoms with Gasteiger partial charge >= 0.3 is 0 Å². The number of hydrogen-bond acceptors (Lipinski definition) is 2. The van der Waals surface area contributed by atoms with Crippen LogP contribution in [-0.2, 0) is 4.79 Å². The Balaban J connectivity index is 1.78. The molecule has 3 nitrogen and oxygen atoms in total. The highest BCUT2D eigenvalue weighted by atomic mass is 16.1. The van der Waals surface area contributed by atoms with Crippen LogP contribution in [0.3, 0.4) is 0 Å². The number of fused-ring (bicyclic) bond motifs is 2. The molecule has 2 saturated heterocycles. The molecule has 0 aromatic heterocycles. The van der Waals surface area contributed by atoms with Gasteiger partial charge in [-0.25, -0.2) is 0 Å². The first-order chi connectivity index (χ1) is 6.24. The maximum Gasteiger partial charge on any atom is 0.216 e. The summed E-state index contributed by atoms with van der Waals surface area (Å²) in [5, 5.41) is 6.51. The lowest BCUT2D eigenvalue weighted by atomic mass is 9.92. The largest absolute Gasteiger partial charge is 0.356 e. The van der Waals surface area contributed by atoms with Crippen LogP contribution in [0.25, 0.3) is 0 Å². The van der Waals surface area contributed by atoms with Gasteiger partial charge in [-0.15, -0.1) is 0 Å². The number of rotatable bonds is 2.